The van der Waals surface area contributed by atoms with Crippen LogP contribution in [0.15, 0.2) is 24.4 Å². The Morgan fingerprint density at radius 2 is 2.11 bits per heavy atom. The fourth-order valence-electron chi connectivity index (χ4n) is 2.22. The summed E-state index contributed by atoms with van der Waals surface area (Å²) in [5.74, 6) is 0.858. The van der Waals surface area contributed by atoms with Crippen LogP contribution in [0.5, 0.6) is 0 Å². The molecule has 4 heteroatoms. The number of fused-ring (bicyclic) bond motifs is 3. The summed E-state index contributed by atoms with van der Waals surface area (Å²) in [5, 5.41) is 0. The predicted molar refractivity (Wildman–Crippen MR) is 73.6 cm³/mol. The number of benzene rings is 1. The second kappa shape index (κ2) is 3.59. The van der Waals surface area contributed by atoms with Crippen molar-refractivity contribution in [1.82, 2.24) is 14.4 Å². The van der Waals surface area contributed by atoms with E-state index in [1.165, 1.54) is 5.56 Å². The lowest BCUT2D eigenvalue weighted by atomic mass is 9.87. The quantitative estimate of drug-likeness (QED) is 0.689. The van der Waals surface area contributed by atoms with E-state index in [0.717, 1.165) is 22.5 Å². The molecule has 0 amide bonds. The summed E-state index contributed by atoms with van der Waals surface area (Å²) >= 11 is 0. The molecule has 4 nitrogen and oxygen atoms in total. The van der Waals surface area contributed by atoms with Crippen molar-refractivity contribution in [2.24, 2.45) is 5.73 Å². The van der Waals surface area contributed by atoms with Crippen LogP contribution < -0.4 is 5.73 Å². The van der Waals surface area contributed by atoms with Gasteiger partial charge in [-0.3, -0.25) is 4.40 Å². The molecule has 0 unspecified atom stereocenters. The largest absolute Gasteiger partial charge is 0.326 e. The lowest BCUT2D eigenvalue weighted by Gasteiger charge is -2.18. The van der Waals surface area contributed by atoms with Gasteiger partial charge in [0.1, 0.15) is 0 Å². The Kier molecular flexibility index (Phi) is 2.25. The number of imidazole rings is 2. The van der Waals surface area contributed by atoms with E-state index in [9.17, 15) is 0 Å². The molecule has 3 rings (SSSR count). The predicted octanol–water partition coefficient (Wildman–Crippen LogP) is 2.57. The molecule has 0 aliphatic heterocycles. The van der Waals surface area contributed by atoms with Gasteiger partial charge < -0.3 is 10.7 Å². The fourth-order valence-corrected chi connectivity index (χ4v) is 2.22. The van der Waals surface area contributed by atoms with Crippen molar-refractivity contribution in [3.05, 3.63) is 35.7 Å². The maximum absolute atomic E-state index is 5.63. The zero-order chi connectivity index (χ0) is 12.9. The van der Waals surface area contributed by atoms with Gasteiger partial charge in [0, 0.05) is 18.4 Å². The van der Waals surface area contributed by atoms with Gasteiger partial charge in [0.15, 0.2) is 0 Å². The van der Waals surface area contributed by atoms with Crippen LogP contribution in [0.3, 0.4) is 0 Å². The minimum atomic E-state index is 0.147. The Morgan fingerprint density at radius 1 is 1.33 bits per heavy atom. The fraction of sp³-hybridized carbons (Fsp3) is 0.357. The molecule has 0 spiro atoms. The van der Waals surface area contributed by atoms with Crippen LogP contribution in [0.2, 0.25) is 0 Å². The molecule has 0 fully saturated rings. The molecule has 0 bridgehead atoms. The second-order valence-corrected chi connectivity index (χ2v) is 5.74. The van der Waals surface area contributed by atoms with Crippen LogP contribution in [-0.4, -0.2) is 14.4 Å². The molecule has 0 aliphatic rings. The van der Waals surface area contributed by atoms with E-state index in [1.807, 2.05) is 6.20 Å². The van der Waals surface area contributed by atoms with Gasteiger partial charge in [-0.15, -0.1) is 0 Å². The molecule has 3 aromatic rings. The lowest BCUT2D eigenvalue weighted by molar-refractivity contribution is 0.591. The molecule has 2 aromatic heterocycles. The molecule has 0 aliphatic carbocycles. The number of aromatic nitrogens is 3. The summed E-state index contributed by atoms with van der Waals surface area (Å²) in [4.78, 5) is 7.83. The summed E-state index contributed by atoms with van der Waals surface area (Å²) in [7, 11) is 0. The topological polar surface area (TPSA) is 59.1 Å². The molecular formula is C14H18N4. The Labute approximate surface area is 106 Å². The maximum atomic E-state index is 5.63. The zero-order valence-electron chi connectivity index (χ0n) is 11.0. The molecule has 0 atom stereocenters. The first-order chi connectivity index (χ1) is 8.49. The zero-order valence-corrected chi connectivity index (χ0v) is 11.0. The van der Waals surface area contributed by atoms with Crippen molar-refractivity contribution < 1.29 is 0 Å². The maximum Gasteiger partial charge on any atom is 0.212 e. The van der Waals surface area contributed by atoms with Crippen molar-refractivity contribution >= 4 is 16.8 Å². The summed E-state index contributed by atoms with van der Waals surface area (Å²) in [6.45, 7) is 7.14. The van der Waals surface area contributed by atoms with Crippen molar-refractivity contribution in [1.29, 1.82) is 0 Å². The SMILES string of the molecule is CC(C)(C)c1ccc2c(c1)nc1[nH]c(CN)cn12. The molecule has 3 N–H and O–H groups in total. The van der Waals surface area contributed by atoms with E-state index in [2.05, 4.69) is 53.3 Å². The minimum absolute atomic E-state index is 0.147. The highest BCUT2D eigenvalue weighted by molar-refractivity contribution is 5.80. The molecule has 0 saturated heterocycles. The van der Waals surface area contributed by atoms with Gasteiger partial charge in [0.25, 0.3) is 0 Å². The van der Waals surface area contributed by atoms with E-state index in [4.69, 9.17) is 5.73 Å². The number of hydrogen-bond donors (Lipinski definition) is 2. The normalized spacial score (nSPS) is 12.7. The number of H-pyrrole nitrogens is 1. The van der Waals surface area contributed by atoms with Crippen LogP contribution >= 0.6 is 0 Å². The average Bonchev–Trinajstić information content (AvgIpc) is 2.83. The second-order valence-electron chi connectivity index (χ2n) is 5.74. The Hall–Kier alpha value is -1.81. The third-order valence-electron chi connectivity index (χ3n) is 3.33. The van der Waals surface area contributed by atoms with Gasteiger partial charge >= 0.3 is 0 Å². The number of nitrogens with two attached hydrogens (primary N) is 1. The Balaban J connectivity index is 2.25. The van der Waals surface area contributed by atoms with Crippen molar-refractivity contribution in [2.75, 3.05) is 0 Å². The molecule has 1 aromatic carbocycles. The average molecular weight is 242 g/mol. The van der Waals surface area contributed by atoms with Crippen LogP contribution in [0.1, 0.15) is 32.0 Å². The van der Waals surface area contributed by atoms with Crippen molar-refractivity contribution in [3.8, 4) is 0 Å². The van der Waals surface area contributed by atoms with Crippen LogP contribution in [0.25, 0.3) is 16.8 Å². The Bertz CT molecular complexity index is 712. The first-order valence-corrected chi connectivity index (χ1v) is 6.19. The van der Waals surface area contributed by atoms with Gasteiger partial charge in [0.2, 0.25) is 5.78 Å². The van der Waals surface area contributed by atoms with E-state index in [-0.39, 0.29) is 5.41 Å². The highest BCUT2D eigenvalue weighted by Gasteiger charge is 2.15. The summed E-state index contributed by atoms with van der Waals surface area (Å²) in [5.41, 5.74) is 10.2. The van der Waals surface area contributed by atoms with Crippen molar-refractivity contribution in [3.63, 3.8) is 0 Å². The van der Waals surface area contributed by atoms with Crippen LogP contribution in [0.4, 0.5) is 0 Å². The lowest BCUT2D eigenvalue weighted by Crippen LogP contribution is -2.10. The van der Waals surface area contributed by atoms with Gasteiger partial charge in [-0.1, -0.05) is 26.8 Å². The highest BCUT2D eigenvalue weighted by atomic mass is 15.1. The monoisotopic (exact) mass is 242 g/mol. The third kappa shape index (κ3) is 1.61. The summed E-state index contributed by atoms with van der Waals surface area (Å²) < 4.78 is 2.06. The molecule has 0 saturated carbocycles. The van der Waals surface area contributed by atoms with Gasteiger partial charge in [0.05, 0.1) is 11.0 Å². The van der Waals surface area contributed by atoms with Gasteiger partial charge in [-0.2, -0.15) is 0 Å². The van der Waals surface area contributed by atoms with E-state index in [0.29, 0.717) is 6.54 Å². The van der Waals surface area contributed by atoms with Crippen LogP contribution in [-0.2, 0) is 12.0 Å². The Morgan fingerprint density at radius 3 is 2.78 bits per heavy atom. The molecule has 0 radical (unpaired) electrons. The van der Waals surface area contributed by atoms with E-state index >= 15 is 0 Å². The smallest absolute Gasteiger partial charge is 0.212 e. The van der Waals surface area contributed by atoms with Crippen molar-refractivity contribution in [2.45, 2.75) is 32.7 Å². The first kappa shape index (κ1) is 11.3. The standard InChI is InChI=1S/C14H18N4/c1-14(2,3)9-4-5-12-11(6-9)17-13-16-10(7-15)8-18(12)13/h4-6,8H,7,15H2,1-3H3,(H,16,17). The van der Waals surface area contributed by atoms with Gasteiger partial charge in [-0.25, -0.2) is 4.98 Å². The van der Waals surface area contributed by atoms with E-state index in [1.54, 1.807) is 0 Å². The number of nitrogens with zero attached hydrogens (tertiary/aromatic N) is 2. The number of hydrogen-bond acceptors (Lipinski definition) is 2. The summed E-state index contributed by atoms with van der Waals surface area (Å²) in [6.07, 6.45) is 2.02. The molecule has 94 valence electrons. The third-order valence-corrected chi connectivity index (χ3v) is 3.33. The minimum Gasteiger partial charge on any atom is -0.326 e. The highest BCUT2D eigenvalue weighted by Crippen LogP contribution is 2.26. The van der Waals surface area contributed by atoms with Crippen LogP contribution in [0, 0.1) is 0 Å². The summed E-state index contributed by atoms with van der Waals surface area (Å²) in [6, 6.07) is 6.47. The first-order valence-electron chi connectivity index (χ1n) is 6.19. The number of aromatic amines is 1. The van der Waals surface area contributed by atoms with Gasteiger partial charge in [-0.05, 0) is 23.1 Å². The van der Waals surface area contributed by atoms with E-state index < -0.39 is 0 Å². The number of rotatable bonds is 1. The molecule has 2 heterocycles. The molecule has 18 heavy (non-hydrogen) atoms. The number of nitrogens with one attached hydrogen (secondary N) is 1. The molecular weight excluding hydrogens is 224 g/mol.